The molecule has 1 heterocycles. The molecule has 0 N–H and O–H groups in total. The van der Waals surface area contributed by atoms with Gasteiger partial charge in [0, 0.05) is 13.0 Å². The molecule has 2 rings (SSSR count). The zero-order chi connectivity index (χ0) is 12.3. The molecule has 1 saturated carbocycles. The van der Waals surface area contributed by atoms with Crippen LogP contribution in [0, 0.1) is 5.92 Å². The van der Waals surface area contributed by atoms with Crippen LogP contribution in [0.15, 0.2) is 0 Å². The second-order valence-corrected chi connectivity index (χ2v) is 5.50. The van der Waals surface area contributed by atoms with Crippen LogP contribution in [0.25, 0.3) is 0 Å². The first kappa shape index (κ1) is 13.3. The number of rotatable bonds is 3. The highest BCUT2D eigenvalue weighted by Gasteiger charge is 2.35. The van der Waals surface area contributed by atoms with Crippen LogP contribution in [-0.4, -0.2) is 31.7 Å². The van der Waals surface area contributed by atoms with E-state index < -0.39 is 0 Å². The van der Waals surface area contributed by atoms with Crippen molar-refractivity contribution in [2.24, 2.45) is 5.92 Å². The van der Waals surface area contributed by atoms with Crippen molar-refractivity contribution in [1.29, 1.82) is 0 Å². The maximum Gasteiger partial charge on any atom is 0.161 e. The van der Waals surface area contributed by atoms with Crippen molar-refractivity contribution in [3.05, 3.63) is 0 Å². The van der Waals surface area contributed by atoms with Gasteiger partial charge in [-0.1, -0.05) is 13.3 Å². The first-order valence-corrected chi connectivity index (χ1v) is 7.06. The van der Waals surface area contributed by atoms with E-state index in [2.05, 4.69) is 13.8 Å². The van der Waals surface area contributed by atoms with Gasteiger partial charge in [-0.05, 0) is 39.0 Å². The molecule has 1 saturated heterocycles. The lowest BCUT2D eigenvalue weighted by Gasteiger charge is -2.40. The lowest BCUT2D eigenvalue weighted by molar-refractivity contribution is -0.266. The molecule has 0 aromatic heterocycles. The lowest BCUT2D eigenvalue weighted by atomic mass is 9.86. The average Bonchev–Trinajstić information content (AvgIpc) is 2.38. The van der Waals surface area contributed by atoms with Crippen LogP contribution in [0.2, 0.25) is 0 Å². The third kappa shape index (κ3) is 3.43. The largest absolute Gasteiger partial charge is 0.381 e. The Bertz CT molecular complexity index is 232. The molecule has 0 amide bonds. The maximum atomic E-state index is 6.06. The second-order valence-electron chi connectivity index (χ2n) is 5.50. The van der Waals surface area contributed by atoms with E-state index in [-0.39, 0.29) is 6.29 Å². The first-order valence-electron chi connectivity index (χ1n) is 7.06. The summed E-state index contributed by atoms with van der Waals surface area (Å²) in [6.45, 7) is 4.35. The summed E-state index contributed by atoms with van der Waals surface area (Å²) >= 11 is 0. The summed E-state index contributed by atoms with van der Waals surface area (Å²) in [6, 6.07) is 0. The topological polar surface area (TPSA) is 27.7 Å². The summed E-state index contributed by atoms with van der Waals surface area (Å²) in [7, 11) is 1.81. The van der Waals surface area contributed by atoms with E-state index in [0.29, 0.717) is 24.2 Å². The number of hydrogen-bond donors (Lipinski definition) is 0. The molecule has 1 aliphatic heterocycles. The fraction of sp³-hybridized carbons (Fsp3) is 1.00. The molecule has 0 bridgehead atoms. The molecule has 0 radical (unpaired) electrons. The van der Waals surface area contributed by atoms with Gasteiger partial charge >= 0.3 is 0 Å². The summed E-state index contributed by atoms with van der Waals surface area (Å²) in [5.41, 5.74) is 0. The molecule has 0 aromatic carbocycles. The SMILES string of the molecule is CCC1CC(C)OC(C2CCCC(OC)C2)O1. The van der Waals surface area contributed by atoms with E-state index >= 15 is 0 Å². The van der Waals surface area contributed by atoms with Gasteiger partial charge in [-0.15, -0.1) is 0 Å². The predicted molar refractivity (Wildman–Crippen MR) is 66.9 cm³/mol. The highest BCUT2D eigenvalue weighted by atomic mass is 16.7. The molecule has 3 heteroatoms. The Morgan fingerprint density at radius 3 is 2.71 bits per heavy atom. The third-order valence-corrected chi connectivity index (χ3v) is 4.13. The Morgan fingerprint density at radius 2 is 2.00 bits per heavy atom. The van der Waals surface area contributed by atoms with Crippen molar-refractivity contribution >= 4 is 0 Å². The van der Waals surface area contributed by atoms with Gasteiger partial charge < -0.3 is 14.2 Å². The van der Waals surface area contributed by atoms with Crippen molar-refractivity contribution in [3.8, 4) is 0 Å². The monoisotopic (exact) mass is 242 g/mol. The van der Waals surface area contributed by atoms with Gasteiger partial charge in [0.05, 0.1) is 18.3 Å². The fourth-order valence-electron chi connectivity index (χ4n) is 3.06. The van der Waals surface area contributed by atoms with Gasteiger partial charge in [0.25, 0.3) is 0 Å². The zero-order valence-corrected chi connectivity index (χ0v) is 11.4. The Hall–Kier alpha value is -0.120. The van der Waals surface area contributed by atoms with Crippen LogP contribution in [-0.2, 0) is 14.2 Å². The highest BCUT2D eigenvalue weighted by molar-refractivity contribution is 4.79. The van der Waals surface area contributed by atoms with E-state index in [1.807, 2.05) is 7.11 Å². The molecule has 5 unspecified atom stereocenters. The Balaban J connectivity index is 1.91. The van der Waals surface area contributed by atoms with Gasteiger partial charge in [-0.25, -0.2) is 0 Å². The van der Waals surface area contributed by atoms with Gasteiger partial charge in [0.1, 0.15) is 0 Å². The molecule has 2 aliphatic rings. The van der Waals surface area contributed by atoms with Crippen molar-refractivity contribution < 1.29 is 14.2 Å². The quantitative estimate of drug-likeness (QED) is 0.761. The van der Waals surface area contributed by atoms with E-state index in [1.54, 1.807) is 0 Å². The van der Waals surface area contributed by atoms with Crippen LogP contribution in [0.4, 0.5) is 0 Å². The van der Waals surface area contributed by atoms with Crippen molar-refractivity contribution in [2.45, 2.75) is 77.0 Å². The van der Waals surface area contributed by atoms with E-state index in [4.69, 9.17) is 14.2 Å². The minimum absolute atomic E-state index is 0.00153. The number of hydrogen-bond acceptors (Lipinski definition) is 3. The molecule has 100 valence electrons. The van der Waals surface area contributed by atoms with Crippen LogP contribution < -0.4 is 0 Å². The van der Waals surface area contributed by atoms with Crippen LogP contribution in [0.3, 0.4) is 0 Å². The smallest absolute Gasteiger partial charge is 0.161 e. The standard InChI is InChI=1S/C14H26O3/c1-4-12-8-10(2)16-14(17-12)11-6-5-7-13(9-11)15-3/h10-14H,4-9H2,1-3H3. The normalized spacial score (nSPS) is 43.6. The molecule has 3 nitrogen and oxygen atoms in total. The van der Waals surface area contributed by atoms with E-state index in [9.17, 15) is 0 Å². The van der Waals surface area contributed by atoms with Gasteiger partial charge in [0.2, 0.25) is 0 Å². The molecule has 5 atom stereocenters. The zero-order valence-electron chi connectivity index (χ0n) is 11.4. The Morgan fingerprint density at radius 1 is 1.18 bits per heavy atom. The summed E-state index contributed by atoms with van der Waals surface area (Å²) < 4.78 is 17.5. The molecule has 17 heavy (non-hydrogen) atoms. The first-order chi connectivity index (χ1) is 8.22. The van der Waals surface area contributed by atoms with Crippen molar-refractivity contribution in [1.82, 2.24) is 0 Å². The second kappa shape index (κ2) is 6.17. The fourth-order valence-corrected chi connectivity index (χ4v) is 3.06. The number of ether oxygens (including phenoxy) is 3. The van der Waals surface area contributed by atoms with Gasteiger partial charge in [-0.3, -0.25) is 0 Å². The van der Waals surface area contributed by atoms with Crippen LogP contribution in [0.1, 0.15) is 52.4 Å². The van der Waals surface area contributed by atoms with Crippen molar-refractivity contribution in [3.63, 3.8) is 0 Å². The molecular formula is C14H26O3. The lowest BCUT2D eigenvalue weighted by Crippen LogP contribution is -2.43. The molecule has 0 aromatic rings. The van der Waals surface area contributed by atoms with Crippen molar-refractivity contribution in [2.75, 3.05) is 7.11 Å². The average molecular weight is 242 g/mol. The molecular weight excluding hydrogens is 216 g/mol. The minimum atomic E-state index is 0.00153. The summed E-state index contributed by atoms with van der Waals surface area (Å²) in [4.78, 5) is 0. The van der Waals surface area contributed by atoms with E-state index in [1.165, 1.54) is 19.3 Å². The summed E-state index contributed by atoms with van der Waals surface area (Å²) in [6.07, 6.45) is 7.97. The molecule has 1 aliphatic carbocycles. The summed E-state index contributed by atoms with van der Waals surface area (Å²) in [5, 5.41) is 0. The minimum Gasteiger partial charge on any atom is -0.381 e. The molecule has 0 spiro atoms. The van der Waals surface area contributed by atoms with Crippen LogP contribution >= 0.6 is 0 Å². The Kier molecular flexibility index (Phi) is 4.83. The molecule has 2 fully saturated rings. The Labute approximate surface area is 105 Å². The predicted octanol–water partition coefficient (Wildman–Crippen LogP) is 3.12. The van der Waals surface area contributed by atoms with Gasteiger partial charge in [0.15, 0.2) is 6.29 Å². The third-order valence-electron chi connectivity index (χ3n) is 4.13. The van der Waals surface area contributed by atoms with Gasteiger partial charge in [-0.2, -0.15) is 0 Å². The van der Waals surface area contributed by atoms with Crippen LogP contribution in [0.5, 0.6) is 0 Å². The summed E-state index contributed by atoms with van der Waals surface area (Å²) in [5.74, 6) is 0.519. The number of methoxy groups -OCH3 is 1. The maximum absolute atomic E-state index is 6.06. The van der Waals surface area contributed by atoms with E-state index in [0.717, 1.165) is 19.3 Å². The highest BCUT2D eigenvalue weighted by Crippen LogP contribution is 2.34.